The van der Waals surface area contributed by atoms with E-state index in [4.69, 9.17) is 4.98 Å². The molecule has 0 spiro atoms. The van der Waals surface area contributed by atoms with Crippen molar-refractivity contribution in [2.75, 3.05) is 0 Å². The Morgan fingerprint density at radius 3 is 1.89 bits per heavy atom. The van der Waals surface area contributed by atoms with Crippen LogP contribution in [-0.4, -0.2) is 34.3 Å². The van der Waals surface area contributed by atoms with Crippen LogP contribution in [0.15, 0.2) is 116 Å². The van der Waals surface area contributed by atoms with Gasteiger partial charge in [0.2, 0.25) is 0 Å². The summed E-state index contributed by atoms with van der Waals surface area (Å²) in [7, 11) is 0. The first kappa shape index (κ1) is 20.2. The van der Waals surface area contributed by atoms with Crippen LogP contribution < -0.4 is 0 Å². The smallest absolute Gasteiger partial charge is 0.187 e. The molecule has 0 aliphatic carbocycles. The molecule has 0 aliphatic rings. The number of hydrogen-bond acceptors (Lipinski definition) is 5. The van der Waals surface area contributed by atoms with Crippen molar-refractivity contribution in [2.45, 2.75) is 0 Å². The summed E-state index contributed by atoms with van der Waals surface area (Å²) in [6.45, 7) is 0. The lowest BCUT2D eigenvalue weighted by Crippen LogP contribution is -2.02. The molecule has 0 atom stereocenters. The molecular formula is C29H19N7. The number of para-hydroxylation sites is 2. The minimum absolute atomic E-state index is 0.656. The lowest BCUT2D eigenvalue weighted by molar-refractivity contribution is 1.04. The zero-order chi connectivity index (χ0) is 23.9. The molecule has 2 aromatic carbocycles. The van der Waals surface area contributed by atoms with E-state index in [0.29, 0.717) is 11.6 Å². The minimum Gasteiger partial charge on any atom is -0.294 e. The Labute approximate surface area is 206 Å². The van der Waals surface area contributed by atoms with E-state index < -0.39 is 0 Å². The molecule has 36 heavy (non-hydrogen) atoms. The highest BCUT2D eigenvalue weighted by atomic mass is 15.3. The third kappa shape index (κ3) is 3.18. The maximum Gasteiger partial charge on any atom is 0.187 e. The third-order valence-electron chi connectivity index (χ3n) is 6.29. The average molecular weight is 466 g/mol. The van der Waals surface area contributed by atoms with Crippen LogP contribution in [0.4, 0.5) is 0 Å². The topological polar surface area (TPSA) is 74.3 Å². The fraction of sp³-hybridized carbons (Fsp3) is 0. The highest BCUT2D eigenvalue weighted by molar-refractivity contribution is 6.09. The molecule has 0 N–H and O–H groups in total. The average Bonchev–Trinajstić information content (AvgIpc) is 3.54. The number of aromatic nitrogens is 7. The van der Waals surface area contributed by atoms with Gasteiger partial charge in [-0.3, -0.25) is 19.1 Å². The second kappa shape index (κ2) is 8.25. The molecule has 0 bridgehead atoms. The summed E-state index contributed by atoms with van der Waals surface area (Å²) in [4.78, 5) is 13.5. The first-order valence-electron chi connectivity index (χ1n) is 11.6. The van der Waals surface area contributed by atoms with E-state index in [1.54, 1.807) is 18.6 Å². The van der Waals surface area contributed by atoms with Gasteiger partial charge in [0, 0.05) is 41.1 Å². The standard InChI is InChI=1S/C29H19N7/c1-3-10-25-22(7-1)23-8-2-4-11-26(23)36(25)27-13-12-20(19-32-27)28-33-34-29(24-9-5-6-16-31-24)35(28)21-14-17-30-18-15-21/h1-19H. The second-order valence-electron chi connectivity index (χ2n) is 8.38. The van der Waals surface area contributed by atoms with Crippen LogP contribution in [0.1, 0.15) is 0 Å². The maximum atomic E-state index is 4.87. The summed E-state index contributed by atoms with van der Waals surface area (Å²) < 4.78 is 4.18. The minimum atomic E-state index is 0.656. The molecule has 0 aliphatic heterocycles. The van der Waals surface area contributed by atoms with Gasteiger partial charge in [0.05, 0.1) is 16.7 Å². The van der Waals surface area contributed by atoms with Crippen LogP contribution >= 0.6 is 0 Å². The molecule has 5 aromatic heterocycles. The predicted molar refractivity (Wildman–Crippen MR) is 140 cm³/mol. The Bertz CT molecular complexity index is 1770. The van der Waals surface area contributed by atoms with Gasteiger partial charge in [-0.2, -0.15) is 0 Å². The molecule has 7 aromatic rings. The zero-order valence-electron chi connectivity index (χ0n) is 19.1. The summed E-state index contributed by atoms with van der Waals surface area (Å²) in [6.07, 6.45) is 7.11. The molecule has 7 heteroatoms. The van der Waals surface area contributed by atoms with Crippen LogP contribution in [0.3, 0.4) is 0 Å². The van der Waals surface area contributed by atoms with Crippen molar-refractivity contribution in [3.05, 3.63) is 116 Å². The molecule has 0 amide bonds. The number of pyridine rings is 3. The Morgan fingerprint density at radius 2 is 1.22 bits per heavy atom. The molecule has 0 saturated heterocycles. The van der Waals surface area contributed by atoms with Gasteiger partial charge in [-0.25, -0.2) is 4.98 Å². The number of nitrogens with zero attached hydrogens (tertiary/aromatic N) is 7. The second-order valence-corrected chi connectivity index (χ2v) is 8.38. The van der Waals surface area contributed by atoms with Gasteiger partial charge in [0.15, 0.2) is 11.6 Å². The number of hydrogen-bond donors (Lipinski definition) is 0. The Kier molecular flexibility index (Phi) is 4.63. The highest BCUT2D eigenvalue weighted by Crippen LogP contribution is 2.32. The van der Waals surface area contributed by atoms with Crippen molar-refractivity contribution < 1.29 is 0 Å². The Hall–Kier alpha value is -5.17. The number of fused-ring (bicyclic) bond motifs is 3. The van der Waals surface area contributed by atoms with Gasteiger partial charge in [0.1, 0.15) is 11.5 Å². The van der Waals surface area contributed by atoms with Crippen LogP contribution in [0.2, 0.25) is 0 Å². The fourth-order valence-electron chi connectivity index (χ4n) is 4.69. The van der Waals surface area contributed by atoms with Gasteiger partial charge < -0.3 is 0 Å². The SMILES string of the molecule is c1ccc(-c2nnc(-c3ccc(-n4c5ccccc5c5ccccc54)nc3)n2-c2ccncc2)nc1. The number of rotatable bonds is 4. The highest BCUT2D eigenvalue weighted by Gasteiger charge is 2.19. The summed E-state index contributed by atoms with van der Waals surface area (Å²) >= 11 is 0. The summed E-state index contributed by atoms with van der Waals surface area (Å²) in [5, 5.41) is 11.4. The van der Waals surface area contributed by atoms with E-state index in [-0.39, 0.29) is 0 Å². The van der Waals surface area contributed by atoms with E-state index in [9.17, 15) is 0 Å². The quantitative estimate of drug-likeness (QED) is 0.324. The summed E-state index contributed by atoms with van der Waals surface area (Å²) in [5.74, 6) is 2.18. The van der Waals surface area contributed by atoms with Gasteiger partial charge in [-0.15, -0.1) is 10.2 Å². The lowest BCUT2D eigenvalue weighted by atomic mass is 10.2. The van der Waals surface area contributed by atoms with E-state index in [1.165, 1.54) is 10.8 Å². The fourth-order valence-corrected chi connectivity index (χ4v) is 4.69. The Morgan fingerprint density at radius 1 is 0.528 bits per heavy atom. The molecular weight excluding hydrogens is 446 g/mol. The van der Waals surface area contributed by atoms with Crippen LogP contribution in [0.25, 0.3) is 56.2 Å². The molecule has 0 unspecified atom stereocenters. The van der Waals surface area contributed by atoms with Crippen LogP contribution in [0.5, 0.6) is 0 Å². The lowest BCUT2D eigenvalue weighted by Gasteiger charge is -2.11. The molecule has 5 heterocycles. The van der Waals surface area contributed by atoms with Crippen molar-refractivity contribution in [1.82, 2.24) is 34.3 Å². The van der Waals surface area contributed by atoms with Crippen molar-refractivity contribution in [3.8, 4) is 34.4 Å². The molecule has 0 radical (unpaired) electrons. The molecule has 0 fully saturated rings. The van der Waals surface area contributed by atoms with Gasteiger partial charge in [-0.1, -0.05) is 42.5 Å². The molecule has 7 rings (SSSR count). The normalized spacial score (nSPS) is 11.3. The van der Waals surface area contributed by atoms with Crippen molar-refractivity contribution in [3.63, 3.8) is 0 Å². The van der Waals surface area contributed by atoms with Gasteiger partial charge in [-0.05, 0) is 48.5 Å². The summed E-state index contributed by atoms with van der Waals surface area (Å²) in [5.41, 5.74) is 4.73. The van der Waals surface area contributed by atoms with E-state index >= 15 is 0 Å². The van der Waals surface area contributed by atoms with E-state index in [2.05, 4.69) is 73.3 Å². The third-order valence-corrected chi connectivity index (χ3v) is 6.29. The first-order chi connectivity index (χ1) is 17.9. The first-order valence-corrected chi connectivity index (χ1v) is 11.6. The molecule has 170 valence electrons. The van der Waals surface area contributed by atoms with Crippen molar-refractivity contribution in [1.29, 1.82) is 0 Å². The predicted octanol–water partition coefficient (Wildman–Crippen LogP) is 5.88. The molecule has 7 nitrogen and oxygen atoms in total. The maximum absolute atomic E-state index is 4.87. The Balaban J connectivity index is 1.39. The monoisotopic (exact) mass is 465 g/mol. The van der Waals surface area contributed by atoms with Gasteiger partial charge >= 0.3 is 0 Å². The van der Waals surface area contributed by atoms with E-state index in [0.717, 1.165) is 33.8 Å². The largest absolute Gasteiger partial charge is 0.294 e. The van der Waals surface area contributed by atoms with Crippen molar-refractivity contribution in [2.24, 2.45) is 0 Å². The molecule has 0 saturated carbocycles. The number of benzene rings is 2. The van der Waals surface area contributed by atoms with Crippen molar-refractivity contribution >= 4 is 21.8 Å². The zero-order valence-corrected chi connectivity index (χ0v) is 19.1. The van der Waals surface area contributed by atoms with E-state index in [1.807, 2.05) is 53.2 Å². The van der Waals surface area contributed by atoms with Gasteiger partial charge in [0.25, 0.3) is 0 Å². The van der Waals surface area contributed by atoms with Crippen LogP contribution in [0, 0.1) is 0 Å². The summed E-state index contributed by atoms with van der Waals surface area (Å²) in [6, 6.07) is 30.5. The van der Waals surface area contributed by atoms with Crippen LogP contribution in [-0.2, 0) is 0 Å².